The molecule has 2 fully saturated rings. The van der Waals surface area contributed by atoms with Gasteiger partial charge in [0.15, 0.2) is 0 Å². The van der Waals surface area contributed by atoms with E-state index in [0.29, 0.717) is 50.6 Å². The molecule has 0 aliphatic carbocycles. The number of aryl methyl sites for hydroxylation is 1. The predicted molar refractivity (Wildman–Crippen MR) is 126 cm³/mol. The number of amides is 3. The molecule has 2 aliphatic rings. The van der Waals surface area contributed by atoms with Crippen LogP contribution in [0.1, 0.15) is 24.8 Å². The summed E-state index contributed by atoms with van der Waals surface area (Å²) in [4.78, 5) is 43.6. The fraction of sp³-hybridized carbons (Fsp3) is 0.423. The molecule has 7 nitrogen and oxygen atoms in total. The second-order valence-corrected chi connectivity index (χ2v) is 8.62. The molecule has 2 heterocycles. The van der Waals surface area contributed by atoms with Gasteiger partial charge in [0.2, 0.25) is 17.7 Å². The fourth-order valence-corrected chi connectivity index (χ4v) is 4.64. The number of piperazine rings is 1. The number of hydrogen-bond acceptors (Lipinski definition) is 4. The molecule has 0 bridgehead atoms. The van der Waals surface area contributed by atoms with Crippen LogP contribution >= 0.6 is 0 Å². The first-order valence-electron chi connectivity index (χ1n) is 11.6. The van der Waals surface area contributed by atoms with E-state index in [9.17, 15) is 14.4 Å². The molecule has 0 N–H and O–H groups in total. The average Bonchev–Trinajstić information content (AvgIpc) is 3.25. The number of rotatable bonds is 7. The van der Waals surface area contributed by atoms with Crippen LogP contribution in [0.25, 0.3) is 0 Å². The Morgan fingerprint density at radius 3 is 2.33 bits per heavy atom. The molecule has 4 rings (SSSR count). The summed E-state index contributed by atoms with van der Waals surface area (Å²) in [7, 11) is 1.57. The van der Waals surface area contributed by atoms with Crippen molar-refractivity contribution in [1.29, 1.82) is 0 Å². The first-order valence-corrected chi connectivity index (χ1v) is 11.6. The topological polar surface area (TPSA) is 70.2 Å². The summed E-state index contributed by atoms with van der Waals surface area (Å²) < 4.78 is 5.38. The van der Waals surface area contributed by atoms with Crippen molar-refractivity contribution < 1.29 is 19.1 Å². The summed E-state index contributed by atoms with van der Waals surface area (Å²) in [6, 6.07) is 17.5. The molecule has 3 amide bonds. The molecule has 2 aromatic carbocycles. The molecule has 2 aliphatic heterocycles. The minimum atomic E-state index is -0.365. The van der Waals surface area contributed by atoms with E-state index >= 15 is 0 Å². The van der Waals surface area contributed by atoms with Crippen molar-refractivity contribution in [2.24, 2.45) is 5.92 Å². The lowest BCUT2D eigenvalue weighted by atomic mass is 10.1. The van der Waals surface area contributed by atoms with Crippen LogP contribution in [0.5, 0.6) is 5.75 Å². The summed E-state index contributed by atoms with van der Waals surface area (Å²) in [6.45, 7) is 2.49. The zero-order valence-corrected chi connectivity index (χ0v) is 19.1. The Labute approximate surface area is 194 Å². The highest BCUT2D eigenvalue weighted by atomic mass is 16.5. The number of nitrogens with zero attached hydrogens (tertiary/aromatic N) is 3. The molecule has 33 heavy (non-hydrogen) atoms. The van der Waals surface area contributed by atoms with E-state index < -0.39 is 0 Å². The highest BCUT2D eigenvalue weighted by Crippen LogP contribution is 2.33. The zero-order valence-electron chi connectivity index (χ0n) is 19.1. The van der Waals surface area contributed by atoms with Crippen LogP contribution in [0.15, 0.2) is 54.6 Å². The van der Waals surface area contributed by atoms with E-state index in [1.165, 1.54) is 5.56 Å². The van der Waals surface area contributed by atoms with Gasteiger partial charge in [-0.1, -0.05) is 42.5 Å². The lowest BCUT2D eigenvalue weighted by Gasteiger charge is -2.36. The normalized spacial score (nSPS) is 18.5. The number of methoxy groups -OCH3 is 1. The second kappa shape index (κ2) is 10.5. The van der Waals surface area contributed by atoms with Crippen LogP contribution < -0.4 is 9.64 Å². The Morgan fingerprint density at radius 2 is 1.61 bits per heavy atom. The minimum absolute atomic E-state index is 0.00285. The fourth-order valence-electron chi connectivity index (χ4n) is 4.64. The summed E-state index contributed by atoms with van der Waals surface area (Å²) in [5, 5.41) is 0. The first kappa shape index (κ1) is 22.8. The zero-order chi connectivity index (χ0) is 23.2. The third-order valence-corrected chi connectivity index (χ3v) is 6.49. The molecule has 7 heteroatoms. The van der Waals surface area contributed by atoms with Gasteiger partial charge in [0, 0.05) is 45.6 Å². The quantitative estimate of drug-likeness (QED) is 0.652. The van der Waals surface area contributed by atoms with Gasteiger partial charge in [0.05, 0.1) is 18.7 Å². The highest BCUT2D eigenvalue weighted by molar-refractivity contribution is 6.01. The Hall–Kier alpha value is -3.35. The number of carbonyl (C=O) groups excluding carboxylic acids is 3. The number of anilines is 1. The smallest absolute Gasteiger partial charge is 0.228 e. The van der Waals surface area contributed by atoms with Crippen LogP contribution in [0, 0.1) is 5.92 Å². The molecule has 174 valence electrons. The number of benzene rings is 2. The SMILES string of the molecule is COc1ccccc1N1CC(C(=O)N2CCN(C(=O)CCCc3ccccc3)CC2)CC1=O. The molecule has 1 atom stereocenters. The van der Waals surface area contributed by atoms with Crippen LogP contribution in [0.4, 0.5) is 5.69 Å². The van der Waals surface area contributed by atoms with Crippen LogP contribution in [0.3, 0.4) is 0 Å². The van der Waals surface area contributed by atoms with Gasteiger partial charge in [-0.25, -0.2) is 0 Å². The largest absolute Gasteiger partial charge is 0.495 e. The van der Waals surface area contributed by atoms with Gasteiger partial charge in [-0.05, 0) is 30.5 Å². The lowest BCUT2D eigenvalue weighted by molar-refractivity contribution is -0.142. The molecule has 0 saturated carbocycles. The maximum atomic E-state index is 13.1. The van der Waals surface area contributed by atoms with E-state index in [0.717, 1.165) is 12.8 Å². The number of carbonyl (C=O) groups is 3. The molecular weight excluding hydrogens is 418 g/mol. The van der Waals surface area contributed by atoms with Crippen molar-refractivity contribution in [2.75, 3.05) is 44.7 Å². The maximum absolute atomic E-state index is 13.1. The highest BCUT2D eigenvalue weighted by Gasteiger charge is 2.39. The van der Waals surface area contributed by atoms with Crippen molar-refractivity contribution in [3.05, 3.63) is 60.2 Å². The van der Waals surface area contributed by atoms with E-state index in [1.807, 2.05) is 47.4 Å². The van der Waals surface area contributed by atoms with Crippen molar-refractivity contribution in [1.82, 2.24) is 9.80 Å². The molecular formula is C26H31N3O4. The Morgan fingerprint density at radius 1 is 0.939 bits per heavy atom. The Balaban J connectivity index is 1.25. The van der Waals surface area contributed by atoms with E-state index in [1.54, 1.807) is 16.9 Å². The van der Waals surface area contributed by atoms with Crippen LogP contribution in [-0.2, 0) is 20.8 Å². The molecule has 2 aromatic rings. The molecule has 0 aromatic heterocycles. The third-order valence-electron chi connectivity index (χ3n) is 6.49. The standard InChI is InChI=1S/C26H31N3O4/c1-33-23-12-6-5-11-22(23)29-19-21(18-25(29)31)26(32)28-16-14-27(15-17-28)24(30)13-7-10-20-8-3-2-4-9-20/h2-6,8-9,11-12,21H,7,10,13-19H2,1H3. The average molecular weight is 450 g/mol. The van der Waals surface area contributed by atoms with Gasteiger partial charge in [-0.2, -0.15) is 0 Å². The van der Waals surface area contributed by atoms with Gasteiger partial charge in [0.25, 0.3) is 0 Å². The number of ether oxygens (including phenoxy) is 1. The van der Waals surface area contributed by atoms with Crippen molar-refractivity contribution in [3.8, 4) is 5.75 Å². The maximum Gasteiger partial charge on any atom is 0.228 e. The second-order valence-electron chi connectivity index (χ2n) is 8.62. The van der Waals surface area contributed by atoms with Gasteiger partial charge in [-0.3, -0.25) is 14.4 Å². The van der Waals surface area contributed by atoms with E-state index in [-0.39, 0.29) is 30.1 Å². The summed E-state index contributed by atoms with van der Waals surface area (Å²) in [6.07, 6.45) is 2.44. The van der Waals surface area contributed by atoms with Crippen molar-refractivity contribution in [3.63, 3.8) is 0 Å². The third kappa shape index (κ3) is 5.35. The summed E-state index contributed by atoms with van der Waals surface area (Å²) >= 11 is 0. The predicted octanol–water partition coefficient (Wildman–Crippen LogP) is 2.74. The van der Waals surface area contributed by atoms with Gasteiger partial charge in [-0.15, -0.1) is 0 Å². The van der Waals surface area contributed by atoms with E-state index in [2.05, 4.69) is 12.1 Å². The van der Waals surface area contributed by atoms with E-state index in [4.69, 9.17) is 4.74 Å². The first-order chi connectivity index (χ1) is 16.1. The summed E-state index contributed by atoms with van der Waals surface area (Å²) in [5.41, 5.74) is 1.94. The monoisotopic (exact) mass is 449 g/mol. The molecule has 2 saturated heterocycles. The van der Waals surface area contributed by atoms with Crippen molar-refractivity contribution >= 4 is 23.4 Å². The minimum Gasteiger partial charge on any atom is -0.495 e. The van der Waals surface area contributed by atoms with Crippen molar-refractivity contribution in [2.45, 2.75) is 25.7 Å². The number of hydrogen-bond donors (Lipinski definition) is 0. The molecule has 0 radical (unpaired) electrons. The van der Waals surface area contributed by atoms with Gasteiger partial charge < -0.3 is 19.4 Å². The Bertz CT molecular complexity index is 986. The van der Waals surface area contributed by atoms with Crippen LogP contribution in [-0.4, -0.2) is 67.4 Å². The lowest BCUT2D eigenvalue weighted by Crippen LogP contribution is -2.52. The Kier molecular flexibility index (Phi) is 7.27. The van der Waals surface area contributed by atoms with Gasteiger partial charge in [0.1, 0.15) is 5.75 Å². The molecule has 1 unspecified atom stereocenters. The van der Waals surface area contributed by atoms with Gasteiger partial charge >= 0.3 is 0 Å². The van der Waals surface area contributed by atoms with Crippen LogP contribution in [0.2, 0.25) is 0 Å². The number of para-hydroxylation sites is 2. The molecule has 0 spiro atoms. The summed E-state index contributed by atoms with van der Waals surface area (Å²) in [5.74, 6) is 0.340.